The first-order chi connectivity index (χ1) is 6.35. The molecular weight excluding hydrogens is 160 g/mol. The Morgan fingerprint density at radius 3 is 2.69 bits per heavy atom. The number of rotatable bonds is 8. The molecule has 1 unspecified atom stereocenters. The molecule has 0 bridgehead atoms. The molecule has 0 aromatic rings. The SMILES string of the molecule is C=C/C=C/OCC(CC)CCCC. The lowest BCUT2D eigenvalue weighted by Crippen LogP contribution is -2.06. The maximum absolute atomic E-state index is 5.37. The summed E-state index contributed by atoms with van der Waals surface area (Å²) in [6.07, 6.45) is 10.4. The number of hydrogen-bond donors (Lipinski definition) is 0. The minimum Gasteiger partial charge on any atom is -0.501 e. The van der Waals surface area contributed by atoms with Gasteiger partial charge in [0.25, 0.3) is 0 Å². The second kappa shape index (κ2) is 9.37. The van der Waals surface area contributed by atoms with Crippen LogP contribution in [0.3, 0.4) is 0 Å². The van der Waals surface area contributed by atoms with Crippen LogP contribution in [0.2, 0.25) is 0 Å². The Morgan fingerprint density at radius 2 is 2.15 bits per heavy atom. The van der Waals surface area contributed by atoms with Crippen molar-refractivity contribution in [3.05, 3.63) is 25.0 Å². The Balaban J connectivity index is 3.46. The van der Waals surface area contributed by atoms with Crippen LogP contribution in [0.25, 0.3) is 0 Å². The smallest absolute Gasteiger partial charge is 0.0901 e. The Morgan fingerprint density at radius 1 is 1.38 bits per heavy atom. The minimum atomic E-state index is 0.717. The third kappa shape index (κ3) is 7.63. The molecule has 0 N–H and O–H groups in total. The molecule has 0 aromatic heterocycles. The van der Waals surface area contributed by atoms with E-state index in [-0.39, 0.29) is 0 Å². The van der Waals surface area contributed by atoms with Crippen molar-refractivity contribution >= 4 is 0 Å². The van der Waals surface area contributed by atoms with Gasteiger partial charge in [0.15, 0.2) is 0 Å². The first-order valence-electron chi connectivity index (χ1n) is 5.24. The predicted octanol–water partition coefficient (Wildman–Crippen LogP) is 3.92. The molecule has 0 spiro atoms. The lowest BCUT2D eigenvalue weighted by molar-refractivity contribution is 0.183. The van der Waals surface area contributed by atoms with Gasteiger partial charge >= 0.3 is 0 Å². The van der Waals surface area contributed by atoms with Gasteiger partial charge in [0.2, 0.25) is 0 Å². The molecule has 0 aromatic carbocycles. The molecule has 0 saturated heterocycles. The van der Waals surface area contributed by atoms with Crippen molar-refractivity contribution in [3.63, 3.8) is 0 Å². The molecule has 1 heteroatoms. The lowest BCUT2D eigenvalue weighted by atomic mass is 10.0. The van der Waals surface area contributed by atoms with Gasteiger partial charge in [-0.1, -0.05) is 45.8 Å². The van der Waals surface area contributed by atoms with E-state index < -0.39 is 0 Å². The summed E-state index contributed by atoms with van der Waals surface area (Å²) in [6.45, 7) is 8.88. The summed E-state index contributed by atoms with van der Waals surface area (Å²) in [5, 5.41) is 0. The fourth-order valence-corrected chi connectivity index (χ4v) is 1.20. The maximum Gasteiger partial charge on any atom is 0.0901 e. The second-order valence-corrected chi connectivity index (χ2v) is 3.31. The van der Waals surface area contributed by atoms with Crippen LogP contribution >= 0.6 is 0 Å². The highest BCUT2D eigenvalue weighted by Crippen LogP contribution is 2.12. The van der Waals surface area contributed by atoms with Crippen molar-refractivity contribution in [3.8, 4) is 0 Å². The molecule has 1 nitrogen and oxygen atoms in total. The van der Waals surface area contributed by atoms with E-state index in [2.05, 4.69) is 20.4 Å². The normalized spacial score (nSPS) is 13.1. The molecule has 76 valence electrons. The first-order valence-corrected chi connectivity index (χ1v) is 5.24. The van der Waals surface area contributed by atoms with Crippen LogP contribution in [0.5, 0.6) is 0 Å². The van der Waals surface area contributed by atoms with Crippen molar-refractivity contribution in [1.82, 2.24) is 0 Å². The minimum absolute atomic E-state index is 0.717. The van der Waals surface area contributed by atoms with Gasteiger partial charge in [-0.2, -0.15) is 0 Å². The van der Waals surface area contributed by atoms with Crippen LogP contribution in [0.1, 0.15) is 39.5 Å². The highest BCUT2D eigenvalue weighted by molar-refractivity contribution is 4.92. The van der Waals surface area contributed by atoms with Crippen molar-refractivity contribution in [1.29, 1.82) is 0 Å². The van der Waals surface area contributed by atoms with Gasteiger partial charge in [0.05, 0.1) is 12.9 Å². The van der Waals surface area contributed by atoms with Crippen LogP contribution in [-0.2, 0) is 4.74 Å². The van der Waals surface area contributed by atoms with Crippen LogP contribution in [0.4, 0.5) is 0 Å². The van der Waals surface area contributed by atoms with Crippen LogP contribution in [0.15, 0.2) is 25.0 Å². The fraction of sp³-hybridized carbons (Fsp3) is 0.667. The molecular formula is C12H22O. The highest BCUT2D eigenvalue weighted by Gasteiger charge is 2.04. The summed E-state index contributed by atoms with van der Waals surface area (Å²) in [5.41, 5.74) is 0. The number of ether oxygens (including phenoxy) is 1. The molecule has 0 aliphatic carbocycles. The molecule has 0 radical (unpaired) electrons. The van der Waals surface area contributed by atoms with Gasteiger partial charge in [-0.3, -0.25) is 0 Å². The lowest BCUT2D eigenvalue weighted by Gasteiger charge is -2.12. The zero-order chi connectivity index (χ0) is 9.94. The van der Waals surface area contributed by atoms with Gasteiger partial charge < -0.3 is 4.74 Å². The van der Waals surface area contributed by atoms with Gasteiger partial charge in [-0.15, -0.1) is 0 Å². The zero-order valence-corrected chi connectivity index (χ0v) is 8.96. The van der Waals surface area contributed by atoms with Crippen molar-refractivity contribution in [2.45, 2.75) is 39.5 Å². The van der Waals surface area contributed by atoms with Crippen LogP contribution in [-0.4, -0.2) is 6.61 Å². The average Bonchev–Trinajstić information content (AvgIpc) is 2.17. The van der Waals surface area contributed by atoms with E-state index in [4.69, 9.17) is 4.74 Å². The number of hydrogen-bond acceptors (Lipinski definition) is 1. The summed E-state index contributed by atoms with van der Waals surface area (Å²) in [5.74, 6) is 0.717. The Labute approximate surface area is 82.5 Å². The third-order valence-corrected chi connectivity index (χ3v) is 2.19. The molecule has 1 atom stereocenters. The average molecular weight is 182 g/mol. The number of unbranched alkanes of at least 4 members (excludes halogenated alkanes) is 1. The monoisotopic (exact) mass is 182 g/mol. The molecule has 0 saturated carbocycles. The number of allylic oxidation sites excluding steroid dienone is 2. The summed E-state index contributed by atoms with van der Waals surface area (Å²) >= 11 is 0. The molecule has 0 amide bonds. The van der Waals surface area contributed by atoms with Gasteiger partial charge in [0.1, 0.15) is 0 Å². The van der Waals surface area contributed by atoms with Crippen molar-refractivity contribution in [2.24, 2.45) is 5.92 Å². The quantitative estimate of drug-likeness (QED) is 0.408. The van der Waals surface area contributed by atoms with E-state index in [1.807, 2.05) is 6.08 Å². The zero-order valence-electron chi connectivity index (χ0n) is 8.96. The summed E-state index contributed by atoms with van der Waals surface area (Å²) in [4.78, 5) is 0. The summed E-state index contributed by atoms with van der Waals surface area (Å²) in [6, 6.07) is 0. The van der Waals surface area contributed by atoms with E-state index in [9.17, 15) is 0 Å². The largest absolute Gasteiger partial charge is 0.501 e. The van der Waals surface area contributed by atoms with E-state index in [1.165, 1.54) is 25.7 Å². The molecule has 0 aliphatic heterocycles. The van der Waals surface area contributed by atoms with Crippen LogP contribution < -0.4 is 0 Å². The molecule has 0 rings (SSSR count). The Hall–Kier alpha value is -0.720. The van der Waals surface area contributed by atoms with Gasteiger partial charge in [-0.05, 0) is 18.4 Å². The molecule has 13 heavy (non-hydrogen) atoms. The molecule has 0 heterocycles. The fourth-order valence-electron chi connectivity index (χ4n) is 1.20. The van der Waals surface area contributed by atoms with Crippen LogP contribution in [0, 0.1) is 5.92 Å². The van der Waals surface area contributed by atoms with E-state index in [0.717, 1.165) is 12.5 Å². The summed E-state index contributed by atoms with van der Waals surface area (Å²) < 4.78 is 5.37. The van der Waals surface area contributed by atoms with E-state index in [1.54, 1.807) is 12.3 Å². The second-order valence-electron chi connectivity index (χ2n) is 3.31. The van der Waals surface area contributed by atoms with Gasteiger partial charge in [0, 0.05) is 0 Å². The van der Waals surface area contributed by atoms with Gasteiger partial charge in [-0.25, -0.2) is 0 Å². The molecule has 0 aliphatic rings. The Bertz CT molecular complexity index is 138. The maximum atomic E-state index is 5.37. The standard InChI is InChI=1S/C12H22O/c1-4-7-9-12(6-3)11-13-10-8-5-2/h5,8,10,12H,2,4,6-7,9,11H2,1,3H3/b10-8+. The first kappa shape index (κ1) is 12.3. The van der Waals surface area contributed by atoms with Crippen molar-refractivity contribution in [2.75, 3.05) is 6.61 Å². The van der Waals surface area contributed by atoms with E-state index in [0.29, 0.717) is 0 Å². The van der Waals surface area contributed by atoms with E-state index >= 15 is 0 Å². The highest BCUT2D eigenvalue weighted by atomic mass is 16.5. The summed E-state index contributed by atoms with van der Waals surface area (Å²) in [7, 11) is 0. The Kier molecular flexibility index (Phi) is 8.85. The molecule has 0 fully saturated rings. The van der Waals surface area contributed by atoms with Crippen molar-refractivity contribution < 1.29 is 4.74 Å². The predicted molar refractivity (Wildman–Crippen MR) is 58.6 cm³/mol. The third-order valence-electron chi connectivity index (χ3n) is 2.19. The topological polar surface area (TPSA) is 9.23 Å².